The van der Waals surface area contributed by atoms with Crippen LogP contribution in [0.4, 0.5) is 4.39 Å². The highest BCUT2D eigenvalue weighted by molar-refractivity contribution is 5.99. The highest BCUT2D eigenvalue weighted by Gasteiger charge is 2.34. The molecular weight excluding hydrogens is 357 g/mol. The van der Waals surface area contributed by atoms with E-state index < -0.39 is 5.60 Å². The molecule has 0 aliphatic carbocycles. The first kappa shape index (κ1) is 18.7. The minimum atomic E-state index is -1.05. The van der Waals surface area contributed by atoms with Crippen LogP contribution in [-0.2, 0) is 5.60 Å². The number of nitrogens with zero attached hydrogens (tertiary/aromatic N) is 1. The van der Waals surface area contributed by atoms with E-state index in [1.807, 2.05) is 32.0 Å². The van der Waals surface area contributed by atoms with E-state index in [1.54, 1.807) is 17.0 Å². The van der Waals surface area contributed by atoms with Crippen molar-refractivity contribution in [2.75, 3.05) is 13.1 Å². The van der Waals surface area contributed by atoms with Crippen LogP contribution in [0.5, 0.6) is 0 Å². The van der Waals surface area contributed by atoms with Gasteiger partial charge in [-0.15, -0.1) is 0 Å². The van der Waals surface area contributed by atoms with Gasteiger partial charge in [0.15, 0.2) is 5.76 Å². The molecule has 1 unspecified atom stereocenters. The summed E-state index contributed by atoms with van der Waals surface area (Å²) in [4.78, 5) is 14.9. The van der Waals surface area contributed by atoms with E-state index in [9.17, 15) is 14.3 Å². The Morgan fingerprint density at radius 3 is 2.57 bits per heavy atom. The van der Waals surface area contributed by atoms with E-state index in [-0.39, 0.29) is 11.7 Å². The van der Waals surface area contributed by atoms with Crippen molar-refractivity contribution in [2.24, 2.45) is 0 Å². The van der Waals surface area contributed by atoms with Crippen LogP contribution in [-0.4, -0.2) is 29.0 Å². The third-order valence-electron chi connectivity index (χ3n) is 5.84. The van der Waals surface area contributed by atoms with Crippen LogP contribution < -0.4 is 0 Å². The van der Waals surface area contributed by atoms with Gasteiger partial charge in [-0.3, -0.25) is 4.79 Å². The van der Waals surface area contributed by atoms with Gasteiger partial charge in [-0.2, -0.15) is 0 Å². The summed E-state index contributed by atoms with van der Waals surface area (Å²) in [6.07, 6.45) is 1.60. The minimum absolute atomic E-state index is 0.142. The highest BCUT2D eigenvalue weighted by Crippen LogP contribution is 2.34. The predicted molar refractivity (Wildman–Crippen MR) is 106 cm³/mol. The molecule has 1 aliphatic rings. The van der Waals surface area contributed by atoms with Crippen LogP contribution in [0.25, 0.3) is 11.0 Å². The molecule has 28 heavy (non-hydrogen) atoms. The van der Waals surface area contributed by atoms with Gasteiger partial charge < -0.3 is 14.4 Å². The number of para-hydroxylation sites is 1. The number of amides is 1. The number of fused-ring (bicyclic) bond motifs is 1. The van der Waals surface area contributed by atoms with Crippen molar-refractivity contribution in [1.29, 1.82) is 0 Å². The molecule has 0 saturated carbocycles. The molecule has 1 atom stereocenters. The van der Waals surface area contributed by atoms with Gasteiger partial charge in [0.2, 0.25) is 0 Å². The van der Waals surface area contributed by atoms with Gasteiger partial charge in [0.05, 0.1) is 5.60 Å². The van der Waals surface area contributed by atoms with Gasteiger partial charge >= 0.3 is 0 Å². The number of carbonyl (C=O) groups excluding carboxylic acids is 1. The molecule has 2 aromatic carbocycles. The van der Waals surface area contributed by atoms with Crippen LogP contribution in [0.15, 0.2) is 46.9 Å². The zero-order valence-corrected chi connectivity index (χ0v) is 16.2. The van der Waals surface area contributed by atoms with Gasteiger partial charge in [-0.25, -0.2) is 4.39 Å². The minimum Gasteiger partial charge on any atom is -0.450 e. The normalized spacial score (nSPS) is 20.4. The fourth-order valence-electron chi connectivity index (χ4n) is 4.10. The molecule has 4 nitrogen and oxygen atoms in total. The number of aryl methyl sites for hydroxylation is 2. The van der Waals surface area contributed by atoms with Crippen LogP contribution in [0.2, 0.25) is 0 Å². The summed E-state index contributed by atoms with van der Waals surface area (Å²) in [6, 6.07) is 11.9. The first-order valence-corrected chi connectivity index (χ1v) is 9.65. The number of benzene rings is 2. The Hall–Kier alpha value is -2.66. The number of hydrogen-bond donors (Lipinski definition) is 1. The lowest BCUT2D eigenvalue weighted by Crippen LogP contribution is -2.33. The zero-order valence-electron chi connectivity index (χ0n) is 16.2. The van der Waals surface area contributed by atoms with Crippen molar-refractivity contribution in [1.82, 2.24) is 4.90 Å². The van der Waals surface area contributed by atoms with Crippen molar-refractivity contribution in [2.45, 2.75) is 38.7 Å². The zero-order chi connectivity index (χ0) is 19.9. The quantitative estimate of drug-likeness (QED) is 0.700. The summed E-state index contributed by atoms with van der Waals surface area (Å²) in [7, 11) is 0. The van der Waals surface area contributed by atoms with Crippen LogP contribution >= 0.6 is 0 Å². The van der Waals surface area contributed by atoms with Crippen LogP contribution in [0.3, 0.4) is 0 Å². The Balaban J connectivity index is 1.58. The first-order chi connectivity index (χ1) is 13.4. The van der Waals surface area contributed by atoms with Gasteiger partial charge in [0, 0.05) is 24.0 Å². The molecule has 1 amide bonds. The average molecular weight is 381 g/mol. The fraction of sp³-hybridized carbons (Fsp3) is 0.348. The number of halogens is 1. The molecule has 146 valence electrons. The number of furan rings is 1. The topological polar surface area (TPSA) is 53.7 Å². The monoisotopic (exact) mass is 381 g/mol. The summed E-state index contributed by atoms with van der Waals surface area (Å²) in [5, 5.41) is 12.1. The summed E-state index contributed by atoms with van der Waals surface area (Å²) in [5.41, 5.74) is 2.24. The van der Waals surface area contributed by atoms with Crippen molar-refractivity contribution < 1.29 is 18.7 Å². The van der Waals surface area contributed by atoms with Gasteiger partial charge in [0.1, 0.15) is 11.4 Å². The molecule has 1 aromatic heterocycles. The molecule has 0 bridgehead atoms. The fourth-order valence-corrected chi connectivity index (χ4v) is 4.10. The third-order valence-corrected chi connectivity index (χ3v) is 5.84. The molecule has 3 aromatic rings. The molecule has 1 N–H and O–H groups in total. The second-order valence-corrected chi connectivity index (χ2v) is 7.69. The Kier molecular flexibility index (Phi) is 4.71. The summed E-state index contributed by atoms with van der Waals surface area (Å²) >= 11 is 0. The Morgan fingerprint density at radius 2 is 1.86 bits per heavy atom. The average Bonchev–Trinajstić information content (AvgIpc) is 2.89. The molecule has 1 fully saturated rings. The second-order valence-electron chi connectivity index (χ2n) is 7.69. The van der Waals surface area contributed by atoms with Gasteiger partial charge in [-0.1, -0.05) is 30.3 Å². The van der Waals surface area contributed by atoms with Crippen LogP contribution in [0.1, 0.15) is 46.5 Å². The predicted octanol–water partition coefficient (Wildman–Crippen LogP) is 4.70. The molecule has 1 aliphatic heterocycles. The Labute approximate surface area is 163 Å². The maximum Gasteiger partial charge on any atom is 0.289 e. The standard InChI is InChI=1S/C23H24FNO3/c1-15-5-3-6-19-16(2)21(28-20(15)19)22(26)25-13-4-11-23(27,12-14-25)17-7-9-18(24)10-8-17/h3,5-10,27H,4,11-14H2,1-2H3. The van der Waals surface area contributed by atoms with Crippen molar-refractivity contribution in [3.8, 4) is 0 Å². The van der Waals surface area contributed by atoms with E-state index in [2.05, 4.69) is 0 Å². The number of aliphatic hydroxyl groups is 1. The maximum absolute atomic E-state index is 13.2. The lowest BCUT2D eigenvalue weighted by molar-refractivity contribution is 0.0210. The summed E-state index contributed by atoms with van der Waals surface area (Å²) in [5.74, 6) is -0.0959. The van der Waals surface area contributed by atoms with E-state index >= 15 is 0 Å². The Morgan fingerprint density at radius 1 is 1.11 bits per heavy atom. The van der Waals surface area contributed by atoms with Crippen LogP contribution in [0, 0.1) is 19.7 Å². The van der Waals surface area contributed by atoms with Crippen molar-refractivity contribution in [3.05, 3.63) is 70.7 Å². The largest absolute Gasteiger partial charge is 0.450 e. The third kappa shape index (κ3) is 3.20. The van der Waals surface area contributed by atoms with Gasteiger partial charge in [-0.05, 0) is 56.4 Å². The van der Waals surface area contributed by atoms with E-state index in [1.165, 1.54) is 12.1 Å². The first-order valence-electron chi connectivity index (χ1n) is 9.65. The van der Waals surface area contributed by atoms with E-state index in [0.717, 1.165) is 22.1 Å². The smallest absolute Gasteiger partial charge is 0.289 e. The molecular formula is C23H24FNO3. The molecule has 1 saturated heterocycles. The number of carbonyl (C=O) groups is 1. The lowest BCUT2D eigenvalue weighted by Gasteiger charge is -2.27. The molecule has 0 spiro atoms. The lowest BCUT2D eigenvalue weighted by atomic mass is 9.87. The number of rotatable bonds is 2. The summed E-state index contributed by atoms with van der Waals surface area (Å²) in [6.45, 7) is 4.85. The molecule has 0 radical (unpaired) electrons. The van der Waals surface area contributed by atoms with E-state index in [4.69, 9.17) is 4.42 Å². The summed E-state index contributed by atoms with van der Waals surface area (Å²) < 4.78 is 19.2. The van der Waals surface area contributed by atoms with E-state index in [0.29, 0.717) is 43.7 Å². The molecule has 2 heterocycles. The molecule has 5 heteroatoms. The van der Waals surface area contributed by atoms with Crippen molar-refractivity contribution >= 4 is 16.9 Å². The molecule has 4 rings (SSSR count). The highest BCUT2D eigenvalue weighted by atomic mass is 19.1. The second kappa shape index (κ2) is 7.06. The van der Waals surface area contributed by atoms with Crippen molar-refractivity contribution in [3.63, 3.8) is 0 Å². The SMILES string of the molecule is Cc1c(C(=O)N2CCCC(O)(c3ccc(F)cc3)CC2)oc2c(C)cccc12. The maximum atomic E-state index is 13.2. The Bertz CT molecular complexity index is 1020. The van der Waals surface area contributed by atoms with Gasteiger partial charge in [0.25, 0.3) is 5.91 Å². The number of hydrogen-bond acceptors (Lipinski definition) is 3. The number of likely N-dealkylation sites (tertiary alicyclic amines) is 1.